The molecule has 0 aliphatic carbocycles. The number of carbonyl (C=O) groups is 1. The Morgan fingerprint density at radius 2 is 2.03 bits per heavy atom. The number of rotatable bonds is 5. The Morgan fingerprint density at radius 3 is 2.65 bits per heavy atom. The summed E-state index contributed by atoms with van der Waals surface area (Å²) in [7, 11) is 0. The molecule has 31 heavy (non-hydrogen) atoms. The summed E-state index contributed by atoms with van der Waals surface area (Å²) >= 11 is 0. The first-order valence-corrected chi connectivity index (χ1v) is 10.7. The lowest BCUT2D eigenvalue weighted by Crippen LogP contribution is -2.28. The van der Waals surface area contributed by atoms with Crippen molar-refractivity contribution in [2.24, 2.45) is 0 Å². The van der Waals surface area contributed by atoms with Gasteiger partial charge in [0.25, 0.3) is 11.8 Å². The maximum atomic E-state index is 13.9. The van der Waals surface area contributed by atoms with E-state index >= 15 is 0 Å². The lowest BCUT2D eigenvalue weighted by Gasteiger charge is -2.28. The van der Waals surface area contributed by atoms with Crippen LogP contribution < -0.4 is 10.2 Å². The van der Waals surface area contributed by atoms with E-state index in [0.717, 1.165) is 24.8 Å². The topological polar surface area (TPSA) is 80.2 Å². The molecule has 0 spiro atoms. The minimum atomic E-state index is -2.78. The van der Waals surface area contributed by atoms with E-state index in [1.807, 2.05) is 13.8 Å². The Morgan fingerprint density at radius 1 is 1.26 bits per heavy atom. The molecule has 2 aliphatic heterocycles. The first-order valence-electron chi connectivity index (χ1n) is 10.7. The molecule has 1 unspecified atom stereocenters. The molecule has 0 aromatic carbocycles. The number of alkyl halides is 2. The lowest BCUT2D eigenvalue weighted by molar-refractivity contribution is 0.0153. The minimum absolute atomic E-state index is 0.147. The van der Waals surface area contributed by atoms with Gasteiger partial charge >= 0.3 is 0 Å². The lowest BCUT2D eigenvalue weighted by atomic mass is 10.00. The fourth-order valence-electron chi connectivity index (χ4n) is 3.94. The van der Waals surface area contributed by atoms with Gasteiger partial charge in [0.05, 0.1) is 23.9 Å². The summed E-state index contributed by atoms with van der Waals surface area (Å²) in [6, 6.07) is 1.79. The van der Waals surface area contributed by atoms with Crippen molar-refractivity contribution in [2.75, 3.05) is 29.9 Å². The fourth-order valence-corrected chi connectivity index (χ4v) is 3.94. The van der Waals surface area contributed by atoms with Crippen LogP contribution in [0.3, 0.4) is 0 Å². The summed E-state index contributed by atoms with van der Waals surface area (Å²) in [5.74, 6) is -2.05. The van der Waals surface area contributed by atoms with Crippen molar-refractivity contribution in [3.8, 4) is 0 Å². The molecule has 2 saturated heterocycles. The smallest absolute Gasteiger partial charge is 0.266 e. The van der Waals surface area contributed by atoms with Gasteiger partial charge in [0.1, 0.15) is 5.82 Å². The largest absolute Gasteiger partial charge is 0.373 e. The van der Waals surface area contributed by atoms with Crippen LogP contribution in [-0.2, 0) is 4.74 Å². The number of pyridine rings is 1. The minimum Gasteiger partial charge on any atom is -0.373 e. The van der Waals surface area contributed by atoms with Crippen molar-refractivity contribution in [2.45, 2.75) is 57.5 Å². The van der Waals surface area contributed by atoms with Crippen molar-refractivity contribution in [1.29, 1.82) is 0 Å². The van der Waals surface area contributed by atoms with Crippen LogP contribution in [-0.4, -0.2) is 46.5 Å². The number of halogens is 2. The van der Waals surface area contributed by atoms with Crippen LogP contribution in [0.1, 0.15) is 73.3 Å². The number of hydrogen-bond acceptors (Lipinski definition) is 6. The number of carbonyl (C=O) groups excluding carboxylic acids is 1. The van der Waals surface area contributed by atoms with E-state index < -0.39 is 18.4 Å². The Kier molecular flexibility index (Phi) is 6.13. The first-order chi connectivity index (χ1) is 14.8. The van der Waals surface area contributed by atoms with Crippen LogP contribution in [0, 0.1) is 0 Å². The van der Waals surface area contributed by atoms with Crippen molar-refractivity contribution in [3.63, 3.8) is 0 Å². The standard InChI is InChI=1S/C22H27F2N5O2/c1-14(2)19-26-11-15(12-27-19)21(30)28-18-16(17-5-3-4-10-31-17)6-8-25-20(18)29-9-7-22(23,24)13-29/h6,8,11-12,14,17H,3-5,7,9-10,13H2,1-2H3,(H,28,30). The van der Waals surface area contributed by atoms with Gasteiger partial charge in [-0.3, -0.25) is 4.79 Å². The van der Waals surface area contributed by atoms with Gasteiger partial charge in [0.15, 0.2) is 5.82 Å². The van der Waals surface area contributed by atoms with Crippen LogP contribution in [0.25, 0.3) is 0 Å². The van der Waals surface area contributed by atoms with Gasteiger partial charge in [0, 0.05) is 49.6 Å². The number of nitrogens with one attached hydrogen (secondary N) is 1. The molecule has 2 aliphatic rings. The Bertz CT molecular complexity index is 930. The van der Waals surface area contributed by atoms with Crippen LogP contribution in [0.5, 0.6) is 0 Å². The molecule has 2 aromatic heterocycles. The third-order valence-electron chi connectivity index (χ3n) is 5.65. The number of nitrogens with zero attached hydrogens (tertiary/aromatic N) is 4. The number of anilines is 2. The molecule has 4 rings (SSSR count). The van der Waals surface area contributed by atoms with E-state index in [0.29, 0.717) is 29.5 Å². The highest BCUT2D eigenvalue weighted by atomic mass is 19.3. The number of ether oxygens (including phenoxy) is 1. The number of aromatic nitrogens is 3. The highest BCUT2D eigenvalue weighted by molar-refractivity contribution is 6.06. The second kappa shape index (κ2) is 8.82. The quantitative estimate of drug-likeness (QED) is 0.759. The van der Waals surface area contributed by atoms with Gasteiger partial charge in [-0.1, -0.05) is 13.8 Å². The zero-order valence-electron chi connectivity index (χ0n) is 17.8. The summed E-state index contributed by atoms with van der Waals surface area (Å²) in [6.45, 7) is 4.31. The molecule has 1 N–H and O–H groups in total. The fraction of sp³-hybridized carbons (Fsp3) is 0.545. The SMILES string of the molecule is CC(C)c1ncc(C(=O)Nc2c(C3CCCCO3)ccnc2N2CCC(F)(F)C2)cn1. The van der Waals surface area contributed by atoms with E-state index in [2.05, 4.69) is 20.3 Å². The summed E-state index contributed by atoms with van der Waals surface area (Å²) in [4.78, 5) is 27.4. The molecule has 2 fully saturated rings. The molecule has 1 atom stereocenters. The Balaban J connectivity index is 1.66. The van der Waals surface area contributed by atoms with E-state index in [9.17, 15) is 13.6 Å². The zero-order chi connectivity index (χ0) is 22.0. The second-order valence-electron chi connectivity index (χ2n) is 8.42. The van der Waals surface area contributed by atoms with Gasteiger partial charge < -0.3 is 15.0 Å². The molecular weight excluding hydrogens is 404 g/mol. The monoisotopic (exact) mass is 431 g/mol. The summed E-state index contributed by atoms with van der Waals surface area (Å²) in [5.41, 5.74) is 1.47. The zero-order valence-corrected chi connectivity index (χ0v) is 17.8. The van der Waals surface area contributed by atoms with Crippen molar-refractivity contribution in [1.82, 2.24) is 15.0 Å². The summed E-state index contributed by atoms with van der Waals surface area (Å²) in [6.07, 6.45) is 6.88. The molecule has 2 aromatic rings. The molecule has 7 nitrogen and oxygen atoms in total. The van der Waals surface area contributed by atoms with Gasteiger partial charge in [-0.25, -0.2) is 23.7 Å². The number of amides is 1. The first kappa shape index (κ1) is 21.5. The molecule has 166 valence electrons. The maximum Gasteiger partial charge on any atom is 0.266 e. The van der Waals surface area contributed by atoms with Gasteiger partial charge in [-0.2, -0.15) is 0 Å². The third kappa shape index (κ3) is 4.81. The third-order valence-corrected chi connectivity index (χ3v) is 5.65. The predicted octanol–water partition coefficient (Wildman–Crippen LogP) is 4.33. The van der Waals surface area contributed by atoms with Crippen LogP contribution >= 0.6 is 0 Å². The molecule has 0 bridgehead atoms. The average Bonchev–Trinajstić information content (AvgIpc) is 3.14. The Hall–Kier alpha value is -2.68. The normalized spacial score (nSPS) is 20.8. The van der Waals surface area contributed by atoms with Gasteiger partial charge in [0.2, 0.25) is 0 Å². The van der Waals surface area contributed by atoms with Crippen molar-refractivity contribution >= 4 is 17.4 Å². The highest BCUT2D eigenvalue weighted by Crippen LogP contribution is 2.40. The second-order valence-corrected chi connectivity index (χ2v) is 8.42. The van der Waals surface area contributed by atoms with Crippen LogP contribution in [0.2, 0.25) is 0 Å². The van der Waals surface area contributed by atoms with Crippen molar-refractivity contribution in [3.05, 3.63) is 41.6 Å². The Labute approximate surface area is 180 Å². The molecule has 0 radical (unpaired) electrons. The molecular formula is C22H27F2N5O2. The van der Waals surface area contributed by atoms with Crippen LogP contribution in [0.4, 0.5) is 20.3 Å². The molecule has 4 heterocycles. The molecule has 0 saturated carbocycles. The highest BCUT2D eigenvalue weighted by Gasteiger charge is 2.40. The summed E-state index contributed by atoms with van der Waals surface area (Å²) in [5, 5.41) is 2.90. The average molecular weight is 431 g/mol. The predicted molar refractivity (Wildman–Crippen MR) is 113 cm³/mol. The van der Waals surface area contributed by atoms with E-state index in [4.69, 9.17) is 4.74 Å². The van der Waals surface area contributed by atoms with E-state index in [1.54, 1.807) is 12.3 Å². The van der Waals surface area contributed by atoms with Gasteiger partial charge in [-0.15, -0.1) is 0 Å². The van der Waals surface area contributed by atoms with E-state index in [1.165, 1.54) is 17.3 Å². The van der Waals surface area contributed by atoms with E-state index in [-0.39, 0.29) is 25.0 Å². The maximum absolute atomic E-state index is 13.9. The molecule has 1 amide bonds. The van der Waals surface area contributed by atoms with Crippen LogP contribution in [0.15, 0.2) is 24.7 Å². The summed E-state index contributed by atoms with van der Waals surface area (Å²) < 4.78 is 33.7. The molecule has 9 heteroatoms. The van der Waals surface area contributed by atoms with Crippen molar-refractivity contribution < 1.29 is 18.3 Å². The number of hydrogen-bond donors (Lipinski definition) is 1. The van der Waals surface area contributed by atoms with Gasteiger partial charge in [-0.05, 0) is 25.3 Å².